The number of fused-ring (bicyclic) bond motifs is 1. The molecule has 6 nitrogen and oxygen atoms in total. The van der Waals surface area contributed by atoms with Gasteiger partial charge >= 0.3 is 0 Å². The number of hydrogen-bond acceptors (Lipinski definition) is 5. The maximum Gasteiger partial charge on any atom is 0.222 e. The van der Waals surface area contributed by atoms with Crippen LogP contribution < -0.4 is 4.90 Å². The van der Waals surface area contributed by atoms with Crippen LogP contribution in [-0.2, 0) is 4.79 Å². The molecule has 23 heavy (non-hydrogen) atoms. The average molecular weight is 333 g/mol. The van der Waals surface area contributed by atoms with Gasteiger partial charge in [-0.1, -0.05) is 18.3 Å². The van der Waals surface area contributed by atoms with Crippen LogP contribution in [0.5, 0.6) is 0 Å². The van der Waals surface area contributed by atoms with E-state index in [0.717, 1.165) is 48.1 Å². The second kappa shape index (κ2) is 5.78. The summed E-state index contributed by atoms with van der Waals surface area (Å²) in [7, 11) is 0. The molecular weight excluding hydrogens is 310 g/mol. The number of aromatic nitrogens is 3. The Bertz CT molecular complexity index is 692. The fourth-order valence-electron chi connectivity index (χ4n) is 4.05. The second-order valence-corrected chi connectivity index (χ2v) is 7.48. The smallest absolute Gasteiger partial charge is 0.222 e. The minimum Gasteiger partial charge on any atom is -0.342 e. The van der Waals surface area contributed by atoms with Crippen LogP contribution in [0.3, 0.4) is 0 Å². The number of anilines is 1. The van der Waals surface area contributed by atoms with E-state index in [9.17, 15) is 4.79 Å². The van der Waals surface area contributed by atoms with Crippen molar-refractivity contribution in [3.8, 4) is 0 Å². The molecule has 2 aromatic rings. The van der Waals surface area contributed by atoms with Gasteiger partial charge in [0.2, 0.25) is 16.0 Å². The number of amides is 1. The first-order valence-electron chi connectivity index (χ1n) is 8.56. The molecule has 0 aromatic carbocycles. The third kappa shape index (κ3) is 2.51. The molecule has 2 atom stereocenters. The highest BCUT2D eigenvalue weighted by Crippen LogP contribution is 2.35. The van der Waals surface area contributed by atoms with Gasteiger partial charge in [-0.25, -0.2) is 9.50 Å². The molecule has 2 aromatic heterocycles. The van der Waals surface area contributed by atoms with Crippen molar-refractivity contribution >= 4 is 27.3 Å². The Labute approximate surface area is 140 Å². The van der Waals surface area contributed by atoms with Crippen molar-refractivity contribution in [1.29, 1.82) is 0 Å². The van der Waals surface area contributed by atoms with E-state index in [4.69, 9.17) is 5.10 Å². The Morgan fingerprint density at radius 1 is 1.30 bits per heavy atom. The number of hydrogen-bond donors (Lipinski definition) is 0. The molecule has 0 aliphatic carbocycles. The van der Waals surface area contributed by atoms with Crippen molar-refractivity contribution in [3.05, 3.63) is 11.9 Å². The number of likely N-dealkylation sites (tertiary alicyclic amines) is 1. The number of imidazole rings is 1. The van der Waals surface area contributed by atoms with E-state index in [0.29, 0.717) is 24.4 Å². The fourth-order valence-corrected chi connectivity index (χ4v) is 5.06. The summed E-state index contributed by atoms with van der Waals surface area (Å²) in [6.45, 7) is 5.90. The van der Waals surface area contributed by atoms with Gasteiger partial charge in [0.15, 0.2) is 0 Å². The van der Waals surface area contributed by atoms with Crippen molar-refractivity contribution in [3.63, 3.8) is 0 Å². The summed E-state index contributed by atoms with van der Waals surface area (Å²) in [6, 6.07) is 0.757. The summed E-state index contributed by atoms with van der Waals surface area (Å²) in [5, 5.41) is 5.77. The molecule has 0 radical (unpaired) electrons. The van der Waals surface area contributed by atoms with Crippen molar-refractivity contribution in [2.24, 2.45) is 0 Å². The lowest BCUT2D eigenvalue weighted by atomic mass is 10.0. The number of carbonyl (C=O) groups excluding carboxylic acids is 1. The maximum atomic E-state index is 12.2. The molecule has 0 saturated carbocycles. The molecule has 0 unspecified atom stereocenters. The Kier molecular flexibility index (Phi) is 3.75. The third-order valence-corrected chi connectivity index (χ3v) is 6.02. The normalized spacial score (nSPS) is 25.0. The molecule has 4 rings (SSSR count). The molecule has 4 heterocycles. The Morgan fingerprint density at radius 2 is 2.09 bits per heavy atom. The monoisotopic (exact) mass is 333 g/mol. The van der Waals surface area contributed by atoms with Gasteiger partial charge in [-0.2, -0.15) is 0 Å². The predicted molar refractivity (Wildman–Crippen MR) is 91.0 cm³/mol. The van der Waals surface area contributed by atoms with E-state index >= 15 is 0 Å². The van der Waals surface area contributed by atoms with Crippen molar-refractivity contribution in [2.75, 3.05) is 18.0 Å². The van der Waals surface area contributed by atoms with Crippen LogP contribution in [0.1, 0.15) is 44.7 Å². The molecule has 2 aliphatic rings. The van der Waals surface area contributed by atoms with Crippen LogP contribution in [0.4, 0.5) is 5.13 Å². The van der Waals surface area contributed by atoms with Crippen LogP contribution in [0.25, 0.3) is 4.96 Å². The van der Waals surface area contributed by atoms with Crippen LogP contribution >= 0.6 is 11.3 Å². The van der Waals surface area contributed by atoms with E-state index in [-0.39, 0.29) is 0 Å². The molecule has 0 spiro atoms. The fraction of sp³-hybridized carbons (Fsp3) is 0.688. The second-order valence-electron chi connectivity index (χ2n) is 6.55. The van der Waals surface area contributed by atoms with Crippen LogP contribution in [0.2, 0.25) is 0 Å². The first-order chi connectivity index (χ1) is 11.2. The molecule has 0 N–H and O–H groups in total. The topological polar surface area (TPSA) is 53.7 Å². The highest BCUT2D eigenvalue weighted by Gasteiger charge is 2.40. The first kappa shape index (κ1) is 14.9. The van der Waals surface area contributed by atoms with Gasteiger partial charge < -0.3 is 9.80 Å². The van der Waals surface area contributed by atoms with Crippen LogP contribution in [-0.4, -0.2) is 50.6 Å². The highest BCUT2D eigenvalue weighted by molar-refractivity contribution is 7.20. The van der Waals surface area contributed by atoms with E-state index in [1.165, 1.54) is 6.42 Å². The van der Waals surface area contributed by atoms with Gasteiger partial charge in [0.1, 0.15) is 0 Å². The molecule has 7 heteroatoms. The zero-order valence-corrected chi connectivity index (χ0v) is 14.6. The lowest BCUT2D eigenvalue weighted by Crippen LogP contribution is -2.48. The summed E-state index contributed by atoms with van der Waals surface area (Å²) in [5.74, 6) is 0.295. The number of carbonyl (C=O) groups is 1. The van der Waals surface area contributed by atoms with E-state index < -0.39 is 0 Å². The predicted octanol–water partition coefficient (Wildman–Crippen LogP) is 2.47. The quantitative estimate of drug-likeness (QED) is 0.866. The summed E-state index contributed by atoms with van der Waals surface area (Å²) in [6.07, 6.45) is 7.15. The lowest BCUT2D eigenvalue weighted by molar-refractivity contribution is -0.131. The van der Waals surface area contributed by atoms with E-state index in [1.54, 1.807) is 11.3 Å². The number of rotatable bonds is 3. The number of nitrogens with zero attached hydrogens (tertiary/aromatic N) is 5. The molecule has 2 saturated heterocycles. The molecule has 2 fully saturated rings. The van der Waals surface area contributed by atoms with Crippen LogP contribution in [0, 0.1) is 6.92 Å². The number of aryl methyl sites for hydroxylation is 1. The summed E-state index contributed by atoms with van der Waals surface area (Å²) in [4.78, 5) is 22.2. The third-order valence-electron chi connectivity index (χ3n) is 5.06. The standard InChI is InChI=1S/C16H23N5OS/c1-3-14(22)19-8-4-6-12(19)13-7-5-9-20(13)16-18-21-10-11(2)17-15(21)23-16/h10,12-13H,3-9H2,1-2H3/t12-,13+/m1/s1. The minimum absolute atomic E-state index is 0.295. The zero-order chi connectivity index (χ0) is 16.0. The van der Waals surface area contributed by atoms with Gasteiger partial charge in [-0.05, 0) is 32.6 Å². The highest BCUT2D eigenvalue weighted by atomic mass is 32.1. The summed E-state index contributed by atoms with van der Waals surface area (Å²) < 4.78 is 1.88. The molecule has 0 bridgehead atoms. The van der Waals surface area contributed by atoms with Gasteiger partial charge in [0, 0.05) is 19.5 Å². The molecule has 2 aliphatic heterocycles. The summed E-state index contributed by atoms with van der Waals surface area (Å²) in [5.41, 5.74) is 1.00. The van der Waals surface area contributed by atoms with Crippen molar-refractivity contribution in [2.45, 2.75) is 58.0 Å². The Hall–Kier alpha value is -1.63. The van der Waals surface area contributed by atoms with Gasteiger partial charge in [-0.3, -0.25) is 4.79 Å². The SMILES string of the molecule is CCC(=O)N1CCC[C@@H]1[C@@H]1CCCN1c1nn2cc(C)nc2s1. The van der Waals surface area contributed by atoms with Crippen LogP contribution in [0.15, 0.2) is 6.20 Å². The average Bonchev–Trinajstić information content (AvgIpc) is 3.26. The molecule has 124 valence electrons. The van der Waals surface area contributed by atoms with Gasteiger partial charge in [0.25, 0.3) is 0 Å². The Morgan fingerprint density at radius 3 is 2.87 bits per heavy atom. The van der Waals surface area contributed by atoms with Crippen molar-refractivity contribution in [1.82, 2.24) is 19.5 Å². The minimum atomic E-state index is 0.295. The summed E-state index contributed by atoms with van der Waals surface area (Å²) >= 11 is 1.66. The molecule has 1 amide bonds. The molecular formula is C16H23N5OS. The van der Waals surface area contributed by atoms with E-state index in [2.05, 4.69) is 14.8 Å². The first-order valence-corrected chi connectivity index (χ1v) is 9.38. The van der Waals surface area contributed by atoms with E-state index in [1.807, 2.05) is 24.6 Å². The van der Waals surface area contributed by atoms with Gasteiger partial charge in [-0.15, -0.1) is 5.10 Å². The van der Waals surface area contributed by atoms with Gasteiger partial charge in [0.05, 0.1) is 24.0 Å². The maximum absolute atomic E-state index is 12.2. The zero-order valence-electron chi connectivity index (χ0n) is 13.7. The lowest BCUT2D eigenvalue weighted by Gasteiger charge is -2.34. The van der Waals surface area contributed by atoms with Crippen molar-refractivity contribution < 1.29 is 4.79 Å². The largest absolute Gasteiger partial charge is 0.342 e. The Balaban J connectivity index is 1.60.